The summed E-state index contributed by atoms with van der Waals surface area (Å²) in [5.74, 6) is 0. The van der Waals surface area contributed by atoms with Crippen molar-refractivity contribution in [2.45, 2.75) is 12.5 Å². The maximum Gasteiger partial charge on any atom is 0.0992 e. The van der Waals surface area contributed by atoms with Gasteiger partial charge in [-0.15, -0.1) is 22.7 Å². The van der Waals surface area contributed by atoms with Crippen LogP contribution in [0, 0.1) is 0 Å². The van der Waals surface area contributed by atoms with E-state index in [0.717, 1.165) is 15.8 Å². The van der Waals surface area contributed by atoms with Gasteiger partial charge in [0, 0.05) is 22.9 Å². The quantitative estimate of drug-likeness (QED) is 0.811. The van der Waals surface area contributed by atoms with Gasteiger partial charge in [-0.3, -0.25) is 0 Å². The molecule has 6 heteroatoms. The maximum absolute atomic E-state index is 6.11. The average Bonchev–Trinajstić information content (AvgIpc) is 2.73. The Kier molecular flexibility index (Phi) is 4.32. The minimum Gasteiger partial charge on any atom is -0.324 e. The summed E-state index contributed by atoms with van der Waals surface area (Å²) in [6.45, 7) is 0. The first kappa shape index (κ1) is 12.9. The summed E-state index contributed by atoms with van der Waals surface area (Å²) >= 11 is 18.4. The van der Waals surface area contributed by atoms with Crippen LogP contribution in [0.15, 0.2) is 22.0 Å². The first-order valence-electron chi connectivity index (χ1n) is 4.51. The molecule has 0 spiro atoms. The van der Waals surface area contributed by atoms with Crippen molar-refractivity contribution < 1.29 is 0 Å². The number of hydrogen-bond acceptors (Lipinski definition) is 3. The number of rotatable bonds is 3. The monoisotopic (exact) mass is 355 g/mol. The van der Waals surface area contributed by atoms with Crippen molar-refractivity contribution in [3.05, 3.63) is 41.1 Å². The lowest BCUT2D eigenvalue weighted by atomic mass is 10.1. The highest BCUT2D eigenvalue weighted by Gasteiger charge is 2.15. The van der Waals surface area contributed by atoms with E-state index in [1.807, 2.05) is 12.1 Å². The third-order valence-corrected chi connectivity index (χ3v) is 5.30. The van der Waals surface area contributed by atoms with Crippen molar-refractivity contribution in [3.63, 3.8) is 0 Å². The third kappa shape index (κ3) is 3.00. The van der Waals surface area contributed by atoms with Gasteiger partial charge in [-0.05, 0) is 34.1 Å². The molecule has 1 unspecified atom stereocenters. The van der Waals surface area contributed by atoms with E-state index < -0.39 is 0 Å². The van der Waals surface area contributed by atoms with Crippen LogP contribution in [0.4, 0.5) is 0 Å². The lowest BCUT2D eigenvalue weighted by Gasteiger charge is -2.08. The second-order valence-electron chi connectivity index (χ2n) is 3.30. The van der Waals surface area contributed by atoms with Gasteiger partial charge >= 0.3 is 0 Å². The van der Waals surface area contributed by atoms with Gasteiger partial charge in [0.2, 0.25) is 0 Å². The van der Waals surface area contributed by atoms with Crippen LogP contribution < -0.4 is 5.73 Å². The second kappa shape index (κ2) is 5.38. The van der Waals surface area contributed by atoms with E-state index in [1.165, 1.54) is 16.2 Å². The Morgan fingerprint density at radius 3 is 2.56 bits per heavy atom. The van der Waals surface area contributed by atoms with Gasteiger partial charge in [0.05, 0.1) is 12.5 Å². The largest absolute Gasteiger partial charge is 0.324 e. The first-order valence-corrected chi connectivity index (χ1v) is 7.69. The van der Waals surface area contributed by atoms with Crippen LogP contribution in [-0.2, 0) is 6.42 Å². The van der Waals surface area contributed by atoms with Crippen LogP contribution in [0.25, 0.3) is 0 Å². The van der Waals surface area contributed by atoms with E-state index in [9.17, 15) is 0 Å². The Morgan fingerprint density at radius 1 is 1.31 bits per heavy atom. The topological polar surface area (TPSA) is 26.0 Å². The fraction of sp³-hybridized carbons (Fsp3) is 0.200. The Morgan fingerprint density at radius 2 is 2.06 bits per heavy atom. The summed E-state index contributed by atoms with van der Waals surface area (Å²) in [6.07, 6.45) is 0.781. The van der Waals surface area contributed by atoms with Crippen molar-refractivity contribution in [2.24, 2.45) is 5.73 Å². The zero-order valence-electron chi connectivity index (χ0n) is 8.04. The molecule has 16 heavy (non-hydrogen) atoms. The summed E-state index contributed by atoms with van der Waals surface area (Å²) in [4.78, 5) is 1.23. The van der Waals surface area contributed by atoms with E-state index in [1.54, 1.807) is 11.3 Å². The van der Waals surface area contributed by atoms with E-state index in [0.29, 0.717) is 8.67 Å². The number of nitrogens with two attached hydrogens (primary N) is 1. The smallest absolute Gasteiger partial charge is 0.0992 e. The molecule has 1 nitrogen and oxygen atoms in total. The number of thiophene rings is 2. The highest BCUT2D eigenvalue weighted by atomic mass is 79.9. The molecule has 0 saturated heterocycles. The van der Waals surface area contributed by atoms with E-state index in [4.69, 9.17) is 28.9 Å². The summed E-state index contributed by atoms with van der Waals surface area (Å²) < 4.78 is 2.49. The molecule has 0 aliphatic heterocycles. The van der Waals surface area contributed by atoms with E-state index in [-0.39, 0.29) is 6.04 Å². The fourth-order valence-corrected chi connectivity index (χ4v) is 4.53. The van der Waals surface area contributed by atoms with Gasteiger partial charge < -0.3 is 5.73 Å². The highest BCUT2D eigenvalue weighted by Crippen LogP contribution is 2.36. The molecule has 0 amide bonds. The zero-order valence-corrected chi connectivity index (χ0v) is 12.8. The van der Waals surface area contributed by atoms with Crippen molar-refractivity contribution in [3.8, 4) is 0 Å². The van der Waals surface area contributed by atoms with Crippen LogP contribution in [0.5, 0.6) is 0 Å². The van der Waals surface area contributed by atoms with Crippen molar-refractivity contribution in [1.82, 2.24) is 0 Å². The van der Waals surface area contributed by atoms with Gasteiger partial charge in [0.15, 0.2) is 0 Å². The lowest BCUT2D eigenvalue weighted by Crippen LogP contribution is -2.12. The minimum absolute atomic E-state index is 0.0956. The van der Waals surface area contributed by atoms with Crippen molar-refractivity contribution >= 4 is 61.8 Å². The molecular weight excluding hydrogens is 349 g/mol. The van der Waals surface area contributed by atoms with Gasteiger partial charge in [0.1, 0.15) is 0 Å². The summed E-state index contributed by atoms with van der Waals surface area (Å²) in [5.41, 5.74) is 7.04. The number of halogens is 3. The van der Waals surface area contributed by atoms with Crippen molar-refractivity contribution in [2.75, 3.05) is 0 Å². The molecule has 2 aromatic rings. The normalized spacial score (nSPS) is 13.0. The molecule has 0 aliphatic carbocycles. The molecule has 2 rings (SSSR count). The SMILES string of the molecule is NC(Cc1ccc(Br)s1)c1cc(Cl)sc1Cl. The standard InChI is InChI=1S/C10H8BrCl2NS2/c11-8-2-1-5(15-8)3-7(14)6-4-9(12)16-10(6)13/h1-2,4,7H,3,14H2. The summed E-state index contributed by atoms with van der Waals surface area (Å²) in [7, 11) is 0. The highest BCUT2D eigenvalue weighted by molar-refractivity contribution is 9.11. The van der Waals surface area contributed by atoms with Crippen LogP contribution in [0.3, 0.4) is 0 Å². The molecule has 2 N–H and O–H groups in total. The van der Waals surface area contributed by atoms with Crippen LogP contribution in [0.2, 0.25) is 8.67 Å². The van der Waals surface area contributed by atoms with Gasteiger partial charge in [-0.25, -0.2) is 0 Å². The molecule has 2 heterocycles. The second-order valence-corrected chi connectivity index (χ2v) is 8.13. The van der Waals surface area contributed by atoms with Crippen molar-refractivity contribution in [1.29, 1.82) is 0 Å². The predicted molar refractivity (Wildman–Crippen MR) is 77.0 cm³/mol. The summed E-state index contributed by atoms with van der Waals surface area (Å²) in [6, 6.07) is 5.84. The van der Waals surface area contributed by atoms with Crippen LogP contribution >= 0.6 is 61.8 Å². The fourth-order valence-electron chi connectivity index (χ4n) is 1.39. The van der Waals surface area contributed by atoms with Crippen LogP contribution in [0.1, 0.15) is 16.5 Å². The van der Waals surface area contributed by atoms with E-state index in [2.05, 4.69) is 22.0 Å². The van der Waals surface area contributed by atoms with E-state index >= 15 is 0 Å². The molecule has 0 bridgehead atoms. The lowest BCUT2D eigenvalue weighted by molar-refractivity contribution is 0.733. The maximum atomic E-state index is 6.11. The Balaban J connectivity index is 2.14. The van der Waals surface area contributed by atoms with Gasteiger partial charge in [-0.2, -0.15) is 0 Å². The molecule has 0 aromatic carbocycles. The Hall–Kier alpha value is 0.420. The predicted octanol–water partition coefficient (Wildman–Crippen LogP) is 5.12. The third-order valence-electron chi connectivity index (χ3n) is 2.13. The van der Waals surface area contributed by atoms with Gasteiger partial charge in [0.25, 0.3) is 0 Å². The number of hydrogen-bond donors (Lipinski definition) is 1. The minimum atomic E-state index is -0.0956. The molecule has 0 radical (unpaired) electrons. The Labute approximate surface area is 120 Å². The molecule has 0 aliphatic rings. The first-order chi connectivity index (χ1) is 7.56. The van der Waals surface area contributed by atoms with Gasteiger partial charge in [-0.1, -0.05) is 23.2 Å². The molecule has 0 fully saturated rings. The Bertz CT molecular complexity index is 495. The molecule has 0 saturated carbocycles. The van der Waals surface area contributed by atoms with Crippen LogP contribution in [-0.4, -0.2) is 0 Å². The molecule has 2 aromatic heterocycles. The molecular formula is C10H8BrCl2NS2. The summed E-state index contributed by atoms with van der Waals surface area (Å²) in [5, 5.41) is 0. The average molecular weight is 357 g/mol. The zero-order chi connectivity index (χ0) is 11.7. The molecule has 1 atom stereocenters. The molecule has 86 valence electrons.